The van der Waals surface area contributed by atoms with Gasteiger partial charge in [0.1, 0.15) is 0 Å². The molecule has 42 heteroatoms. The molecule has 1 heterocycles. The van der Waals surface area contributed by atoms with Gasteiger partial charge in [0.2, 0.25) is 0 Å². The molecule has 4 rings (SSSR count). The predicted octanol–water partition coefficient (Wildman–Crippen LogP) is 23.1. The molecule has 0 amide bonds. The van der Waals surface area contributed by atoms with E-state index in [0.717, 1.165) is 5.57 Å². The zero-order chi connectivity index (χ0) is 48.0. The van der Waals surface area contributed by atoms with Crippen LogP contribution < -0.4 is 0 Å². The standard InChI is InChI=1S/C21H65O7P35/c1-9-11(25-49(30)53(31)32)6-14(28-50(54(33)34)55(35)36)20(5)7-13(27-51(56(37)38)62(48-29)58(41)42)15-10(2)12(26-52(61(47)57(39)40)63(59(43)44)60(45)46)8-21(19(15,3)4)17(16(9)20)23-18(22)24-21/h11-14,16-17,48H,1,6-8,29-47H2,2-5H3/t11-,12+,13-,14+,16+,17+,20-,21-,49?,51?,52?,61?,62?/m1/s1. The van der Waals surface area contributed by atoms with Crippen molar-refractivity contribution in [2.75, 3.05) is 0 Å². The first-order chi connectivity index (χ1) is 29.0. The van der Waals surface area contributed by atoms with Gasteiger partial charge in [-0.3, -0.25) is 0 Å². The second-order valence-electron chi connectivity index (χ2n) is 15.2. The summed E-state index contributed by atoms with van der Waals surface area (Å²) < 4.78 is 44.2. The summed E-state index contributed by atoms with van der Waals surface area (Å²) in [6, 6.07) is 0. The number of hydrogen-bond donors (Lipinski definition) is 0. The first-order valence-corrected chi connectivity index (χ1v) is 78.2. The Labute approximate surface area is 441 Å². The smallest absolute Gasteiger partial charge is 0.426 e. The number of carbonyl (C=O) groups excluding carboxylic acids is 1. The Kier molecular flexibility index (Phi) is 34.0. The summed E-state index contributed by atoms with van der Waals surface area (Å²) in [5.74, 6) is -0.349. The van der Waals surface area contributed by atoms with E-state index >= 15 is 0 Å². The minimum Gasteiger partial charge on any atom is -0.426 e. The van der Waals surface area contributed by atoms with E-state index in [-0.39, 0.29) is 30.3 Å². The van der Waals surface area contributed by atoms with Crippen molar-refractivity contribution in [1.29, 1.82) is 0 Å². The Morgan fingerprint density at radius 3 is 1.65 bits per heavy atom. The lowest BCUT2D eigenvalue weighted by Gasteiger charge is -2.62. The molecule has 0 aromatic heterocycles. The van der Waals surface area contributed by atoms with Gasteiger partial charge in [-0.25, -0.2) is 4.79 Å². The maximum Gasteiger partial charge on any atom is 0.509 e. The number of hydrogen-bond acceptors (Lipinski definition) is 7. The Balaban J connectivity index is 2.14. The number of rotatable bonds is 20. The fraction of sp³-hybridized carbons (Fsp3) is 0.762. The molecule has 1 saturated heterocycles. The van der Waals surface area contributed by atoms with Crippen LogP contribution in [0.15, 0.2) is 23.3 Å². The zero-order valence-electron chi connectivity index (χ0n) is 34.8. The molecule has 63 heavy (non-hydrogen) atoms. The van der Waals surface area contributed by atoms with Gasteiger partial charge in [0.25, 0.3) is 0 Å². The summed E-state index contributed by atoms with van der Waals surface area (Å²) in [5.41, 5.74) is 1.05. The van der Waals surface area contributed by atoms with E-state index in [9.17, 15) is 4.79 Å². The average molecular weight is 1510 g/mol. The van der Waals surface area contributed by atoms with E-state index in [4.69, 9.17) is 34.1 Å². The SMILES string of the molecule is C=C1[C@H](OP(P)P(P)P)C[C@H](OP(P(P)P)P(P)P)[C@@]2(C)C[C@@H](OP(P(P)P)P(PP)P(P)P)C3=C(C)[C@@H](OP(P(P)P(P)P)P(P(P)P)P(P)P)C[C@]4(OC(=O)O[C@H]4[C@H]12)C3(C)C. The normalized spacial score (nSPS) is 32.7. The molecule has 7 nitrogen and oxygen atoms in total. The molecule has 4 aliphatic rings. The maximum absolute atomic E-state index is 14.3. The Morgan fingerprint density at radius 1 is 0.651 bits per heavy atom. The van der Waals surface area contributed by atoms with Crippen LogP contribution in [0.2, 0.25) is 0 Å². The van der Waals surface area contributed by atoms with E-state index in [1.807, 2.05) is 0 Å². The number of carbonyl (C=O) groups is 1. The lowest BCUT2D eigenvalue weighted by atomic mass is 9.48. The fourth-order valence-electron chi connectivity index (χ4n) is 8.57. The van der Waals surface area contributed by atoms with Crippen LogP contribution in [0, 0.1) is 16.7 Å². The summed E-state index contributed by atoms with van der Waals surface area (Å²) in [6.07, 6.45) is -0.584. The molecule has 2 saturated carbocycles. The van der Waals surface area contributed by atoms with E-state index in [1.54, 1.807) is 0 Å². The van der Waals surface area contributed by atoms with Crippen molar-refractivity contribution >= 4 is 291 Å². The van der Waals surface area contributed by atoms with Gasteiger partial charge in [-0.2, -0.15) is 0 Å². The third-order valence-corrected chi connectivity index (χ3v) is 166. The van der Waals surface area contributed by atoms with Crippen LogP contribution in [0.5, 0.6) is 0 Å². The molecule has 0 N–H and O–H groups in total. The highest BCUT2D eigenvalue weighted by Gasteiger charge is 2.73. The Morgan fingerprint density at radius 2 is 1.19 bits per heavy atom. The minimum absolute atomic E-state index is 0.232. The van der Waals surface area contributed by atoms with Gasteiger partial charge in [-0.15, -0.1) is 152 Å². The lowest BCUT2D eigenvalue weighted by molar-refractivity contribution is -0.157. The molecule has 0 aromatic carbocycles. The third-order valence-electron chi connectivity index (χ3n) is 11.2. The summed E-state index contributed by atoms with van der Waals surface area (Å²) >= 11 is 0. The lowest BCUT2D eigenvalue weighted by Crippen LogP contribution is -2.67. The molecular weight excluding hydrogens is 1450 g/mol. The topological polar surface area (TPSA) is 72.5 Å². The highest BCUT2D eigenvalue weighted by molar-refractivity contribution is 9.19. The van der Waals surface area contributed by atoms with E-state index in [2.05, 4.69) is 197 Å². The molecule has 0 radical (unpaired) electrons. The van der Waals surface area contributed by atoms with Crippen molar-refractivity contribution < 1.29 is 32.4 Å². The van der Waals surface area contributed by atoms with E-state index in [1.165, 1.54) is 11.1 Å². The molecule has 3 aliphatic carbocycles. The zero-order valence-corrected chi connectivity index (χ0v) is 71.2. The minimum atomic E-state index is -1.09. The fourth-order valence-corrected chi connectivity index (χ4v) is 206. The van der Waals surface area contributed by atoms with Crippen LogP contribution in [0.4, 0.5) is 4.79 Å². The van der Waals surface area contributed by atoms with Gasteiger partial charge in [-0.05, 0) is 86.0 Å². The molecule has 2 bridgehead atoms. The molecule has 1 aliphatic heterocycles. The maximum atomic E-state index is 14.3. The first kappa shape index (κ1) is 69.1. The van der Waals surface area contributed by atoms with Crippen LogP contribution >= 0.6 is 285 Å². The Hall–Kier alpha value is 13.6. The Bertz CT molecular complexity index is 1590. The molecule has 366 valence electrons. The summed E-state index contributed by atoms with van der Waals surface area (Å²) in [5, 5.41) is 0. The van der Waals surface area contributed by atoms with Gasteiger partial charge in [-0.1, -0.05) is 53.2 Å². The van der Waals surface area contributed by atoms with Gasteiger partial charge >= 0.3 is 6.16 Å². The summed E-state index contributed by atoms with van der Waals surface area (Å²) in [6.45, 7) is 8.88. The van der Waals surface area contributed by atoms with Crippen molar-refractivity contribution in [3.8, 4) is 0 Å². The van der Waals surface area contributed by atoms with Gasteiger partial charge in [0.05, 0.1) is 54.5 Å². The van der Waals surface area contributed by atoms with Gasteiger partial charge in [0.15, 0.2) is 11.7 Å². The van der Waals surface area contributed by atoms with Crippen LogP contribution in [0.3, 0.4) is 0 Å². The molecule has 33 atom stereocenters. The van der Waals surface area contributed by atoms with E-state index in [0.29, 0.717) is 27.2 Å². The van der Waals surface area contributed by atoms with Crippen molar-refractivity contribution in [3.63, 3.8) is 0 Å². The van der Waals surface area contributed by atoms with Crippen LogP contribution in [-0.2, 0) is 27.6 Å². The van der Waals surface area contributed by atoms with Crippen molar-refractivity contribution in [2.45, 2.75) is 83.1 Å². The second-order valence-corrected chi connectivity index (χ2v) is 137. The van der Waals surface area contributed by atoms with Gasteiger partial charge < -0.3 is 27.6 Å². The second kappa shape index (κ2) is 31.0. The van der Waals surface area contributed by atoms with E-state index < -0.39 is 136 Å². The van der Waals surface area contributed by atoms with Crippen LogP contribution in [0.1, 0.15) is 47.0 Å². The average Bonchev–Trinajstić information content (AvgIpc) is 3.47. The number of ether oxygens (including phenoxy) is 2. The first-order valence-electron chi connectivity index (χ1n) is 17.9. The van der Waals surface area contributed by atoms with Crippen LogP contribution in [0.25, 0.3) is 0 Å². The quantitative estimate of drug-likeness (QED) is 0.0683. The van der Waals surface area contributed by atoms with Gasteiger partial charge in [0, 0.05) is 50.6 Å². The molecule has 1 spiro atoms. The highest BCUT2D eigenvalue weighted by atomic mass is 33.2. The largest absolute Gasteiger partial charge is 0.509 e. The summed E-state index contributed by atoms with van der Waals surface area (Å²) in [7, 11) is 56.2. The molecule has 3 fully saturated rings. The number of fused-ring (bicyclic) bond motifs is 3. The predicted molar refractivity (Wildman–Crippen MR) is 391 cm³/mol. The van der Waals surface area contributed by atoms with Crippen molar-refractivity contribution in [2.24, 2.45) is 16.7 Å². The third kappa shape index (κ3) is 16.9. The summed E-state index contributed by atoms with van der Waals surface area (Å²) in [4.78, 5) is 14.3. The molecule has 0 aromatic rings. The van der Waals surface area contributed by atoms with Crippen LogP contribution in [-0.4, -0.2) is 42.3 Å². The highest BCUT2D eigenvalue weighted by Crippen LogP contribution is 3.18. The van der Waals surface area contributed by atoms with Crippen molar-refractivity contribution in [3.05, 3.63) is 23.3 Å². The molecular formula is C21H65O7P35. The van der Waals surface area contributed by atoms with Crippen molar-refractivity contribution in [1.82, 2.24) is 0 Å². The monoisotopic (exact) mass is 1510 g/mol. The molecule has 25 unspecified atom stereocenters.